The van der Waals surface area contributed by atoms with Crippen LogP contribution in [-0.4, -0.2) is 48.3 Å². The van der Waals surface area contributed by atoms with Crippen LogP contribution in [0.4, 0.5) is 0 Å². The molecule has 3 fully saturated rings. The molecule has 2 bridgehead atoms. The maximum atomic E-state index is 12.4. The van der Waals surface area contributed by atoms with Gasteiger partial charge >= 0.3 is 0 Å². The highest BCUT2D eigenvalue weighted by Gasteiger charge is 2.40. The van der Waals surface area contributed by atoms with Gasteiger partial charge in [-0.25, -0.2) is 0 Å². The van der Waals surface area contributed by atoms with Gasteiger partial charge in [-0.1, -0.05) is 6.42 Å². The normalized spacial score (nSPS) is 32.8. The summed E-state index contributed by atoms with van der Waals surface area (Å²) in [4.78, 5) is 14.5. The van der Waals surface area contributed by atoms with E-state index in [2.05, 4.69) is 4.90 Å². The average molecular weight is 295 g/mol. The van der Waals surface area contributed by atoms with Gasteiger partial charge in [-0.05, 0) is 56.3 Å². The molecule has 3 aliphatic rings. The van der Waals surface area contributed by atoms with Gasteiger partial charge in [0.25, 0.3) is 0 Å². The van der Waals surface area contributed by atoms with Gasteiger partial charge < -0.3 is 14.7 Å². The summed E-state index contributed by atoms with van der Waals surface area (Å²) in [5.41, 5.74) is 0. The third-order valence-corrected chi connectivity index (χ3v) is 5.77. The van der Waals surface area contributed by atoms with Crippen LogP contribution in [0.1, 0.15) is 51.4 Å². The van der Waals surface area contributed by atoms with Crippen molar-refractivity contribution in [1.82, 2.24) is 4.90 Å². The topological polar surface area (TPSA) is 49.8 Å². The van der Waals surface area contributed by atoms with Crippen molar-refractivity contribution in [3.63, 3.8) is 0 Å². The highest BCUT2D eigenvalue weighted by atomic mass is 16.5. The highest BCUT2D eigenvalue weighted by Crippen LogP contribution is 2.49. The monoisotopic (exact) mass is 295 g/mol. The maximum Gasteiger partial charge on any atom is 0.222 e. The summed E-state index contributed by atoms with van der Waals surface area (Å²) in [6.45, 7) is 2.54. The molecule has 0 aromatic rings. The van der Waals surface area contributed by atoms with E-state index in [0.29, 0.717) is 24.9 Å². The number of carbonyl (C=O) groups excluding carboxylic acids is 1. The van der Waals surface area contributed by atoms with Crippen LogP contribution in [-0.2, 0) is 9.53 Å². The van der Waals surface area contributed by atoms with E-state index >= 15 is 0 Å². The second-order valence-electron chi connectivity index (χ2n) is 7.17. The third kappa shape index (κ3) is 3.78. The Balaban J connectivity index is 1.37. The Labute approximate surface area is 127 Å². The molecule has 2 aliphatic carbocycles. The first-order valence-corrected chi connectivity index (χ1v) is 8.76. The fourth-order valence-electron chi connectivity index (χ4n) is 4.57. The molecule has 1 N–H and O–H groups in total. The van der Waals surface area contributed by atoms with E-state index in [1.165, 1.54) is 25.7 Å². The van der Waals surface area contributed by atoms with Gasteiger partial charge in [-0.3, -0.25) is 4.79 Å². The number of fused-ring (bicyclic) bond motifs is 2. The number of carbonyl (C=O) groups is 1. The van der Waals surface area contributed by atoms with Crippen LogP contribution in [0.5, 0.6) is 0 Å². The molecule has 4 nitrogen and oxygen atoms in total. The largest absolute Gasteiger partial charge is 0.396 e. The Hall–Kier alpha value is -0.610. The molecule has 0 aromatic carbocycles. The van der Waals surface area contributed by atoms with Crippen LogP contribution < -0.4 is 0 Å². The Kier molecular flexibility index (Phi) is 5.17. The molecule has 21 heavy (non-hydrogen) atoms. The molecule has 1 aliphatic heterocycles. The highest BCUT2D eigenvalue weighted by molar-refractivity contribution is 5.76. The predicted octanol–water partition coefficient (Wildman–Crippen LogP) is 2.20. The molecule has 3 unspecified atom stereocenters. The zero-order chi connectivity index (χ0) is 14.7. The van der Waals surface area contributed by atoms with Crippen LogP contribution >= 0.6 is 0 Å². The van der Waals surface area contributed by atoms with E-state index < -0.39 is 0 Å². The molecule has 1 amide bonds. The zero-order valence-corrected chi connectivity index (χ0v) is 13.0. The summed E-state index contributed by atoms with van der Waals surface area (Å²) in [5.74, 6) is 2.83. The molecular weight excluding hydrogens is 266 g/mol. The summed E-state index contributed by atoms with van der Waals surface area (Å²) in [7, 11) is 0. The molecule has 2 saturated carbocycles. The van der Waals surface area contributed by atoms with Gasteiger partial charge in [0.2, 0.25) is 5.91 Å². The van der Waals surface area contributed by atoms with Gasteiger partial charge in [0.1, 0.15) is 0 Å². The lowest BCUT2D eigenvalue weighted by molar-refractivity contribution is -0.135. The van der Waals surface area contributed by atoms with Crippen LogP contribution in [0.2, 0.25) is 0 Å². The first kappa shape index (κ1) is 15.3. The number of amides is 1. The summed E-state index contributed by atoms with van der Waals surface area (Å²) in [6, 6.07) is 0. The SMILES string of the molecule is O=C(CC1CC2CCC1C2)N1CCC(OCCCO)CC1. The van der Waals surface area contributed by atoms with E-state index in [1.54, 1.807) is 0 Å². The number of likely N-dealkylation sites (tertiary alicyclic amines) is 1. The van der Waals surface area contributed by atoms with E-state index in [1.807, 2.05) is 0 Å². The molecule has 120 valence electrons. The Morgan fingerprint density at radius 2 is 1.95 bits per heavy atom. The van der Waals surface area contributed by atoms with Gasteiger partial charge in [0.05, 0.1) is 6.10 Å². The van der Waals surface area contributed by atoms with Crippen molar-refractivity contribution in [2.75, 3.05) is 26.3 Å². The number of nitrogens with zero attached hydrogens (tertiary/aromatic N) is 1. The predicted molar refractivity (Wildman–Crippen MR) is 80.8 cm³/mol. The van der Waals surface area contributed by atoms with Crippen molar-refractivity contribution in [2.24, 2.45) is 17.8 Å². The van der Waals surface area contributed by atoms with Gasteiger partial charge in [-0.2, -0.15) is 0 Å². The molecule has 3 rings (SSSR count). The number of rotatable bonds is 6. The maximum absolute atomic E-state index is 12.4. The fraction of sp³-hybridized carbons (Fsp3) is 0.941. The number of hydrogen-bond donors (Lipinski definition) is 1. The molecule has 0 radical (unpaired) electrons. The molecular formula is C17H29NO3. The van der Waals surface area contributed by atoms with E-state index in [4.69, 9.17) is 9.84 Å². The third-order valence-electron chi connectivity index (χ3n) is 5.77. The lowest BCUT2D eigenvalue weighted by Crippen LogP contribution is -2.41. The number of piperidine rings is 1. The summed E-state index contributed by atoms with van der Waals surface area (Å²) < 4.78 is 5.73. The second kappa shape index (κ2) is 7.10. The fourth-order valence-corrected chi connectivity index (χ4v) is 4.57. The van der Waals surface area contributed by atoms with Crippen molar-refractivity contribution in [3.8, 4) is 0 Å². The van der Waals surface area contributed by atoms with Crippen molar-refractivity contribution in [3.05, 3.63) is 0 Å². The van der Waals surface area contributed by atoms with E-state index in [-0.39, 0.29) is 12.7 Å². The molecule has 4 heteroatoms. The summed E-state index contributed by atoms with van der Waals surface area (Å²) in [5, 5.41) is 8.76. The van der Waals surface area contributed by atoms with E-state index in [9.17, 15) is 4.79 Å². The smallest absolute Gasteiger partial charge is 0.222 e. The minimum atomic E-state index is 0.195. The van der Waals surface area contributed by atoms with E-state index in [0.717, 1.165) is 44.2 Å². The molecule has 0 spiro atoms. The number of hydrogen-bond acceptors (Lipinski definition) is 3. The van der Waals surface area contributed by atoms with Crippen LogP contribution in [0, 0.1) is 17.8 Å². The van der Waals surface area contributed by atoms with Gasteiger partial charge in [0, 0.05) is 32.7 Å². The van der Waals surface area contributed by atoms with Crippen molar-refractivity contribution in [1.29, 1.82) is 0 Å². The molecule has 0 aromatic heterocycles. The number of aliphatic hydroxyl groups excluding tert-OH is 1. The standard InChI is InChI=1S/C17H29NO3/c19-8-1-9-21-16-4-6-18(7-5-16)17(20)12-15-11-13-2-3-14(15)10-13/h13-16,19H,1-12H2. The average Bonchev–Trinajstić information content (AvgIpc) is 3.11. The quantitative estimate of drug-likeness (QED) is 0.764. The Morgan fingerprint density at radius 3 is 2.57 bits per heavy atom. The summed E-state index contributed by atoms with van der Waals surface area (Å²) in [6.07, 6.45) is 9.15. The van der Waals surface area contributed by atoms with Gasteiger partial charge in [-0.15, -0.1) is 0 Å². The molecule has 1 saturated heterocycles. The van der Waals surface area contributed by atoms with Crippen molar-refractivity contribution >= 4 is 5.91 Å². The lowest BCUT2D eigenvalue weighted by atomic mass is 9.86. The first-order valence-electron chi connectivity index (χ1n) is 8.76. The van der Waals surface area contributed by atoms with Crippen molar-refractivity contribution < 1.29 is 14.6 Å². The minimum Gasteiger partial charge on any atom is -0.396 e. The molecule has 3 atom stereocenters. The number of ether oxygens (including phenoxy) is 1. The van der Waals surface area contributed by atoms with Crippen LogP contribution in [0.3, 0.4) is 0 Å². The Morgan fingerprint density at radius 1 is 1.14 bits per heavy atom. The Bertz CT molecular complexity index is 352. The van der Waals surface area contributed by atoms with Crippen LogP contribution in [0.25, 0.3) is 0 Å². The zero-order valence-electron chi connectivity index (χ0n) is 13.0. The lowest BCUT2D eigenvalue weighted by Gasteiger charge is -2.33. The number of aliphatic hydroxyl groups is 1. The second-order valence-corrected chi connectivity index (χ2v) is 7.17. The summed E-state index contributed by atoms with van der Waals surface area (Å²) >= 11 is 0. The van der Waals surface area contributed by atoms with Gasteiger partial charge in [0.15, 0.2) is 0 Å². The first-order chi connectivity index (χ1) is 10.3. The van der Waals surface area contributed by atoms with Crippen molar-refractivity contribution in [2.45, 2.75) is 57.5 Å². The molecule has 1 heterocycles. The van der Waals surface area contributed by atoms with Crippen LogP contribution in [0.15, 0.2) is 0 Å². The minimum absolute atomic E-state index is 0.195.